The molecule has 9 heteroatoms. The second-order valence-electron chi connectivity index (χ2n) is 10.2. The number of carboxylic acids is 1. The summed E-state index contributed by atoms with van der Waals surface area (Å²) >= 11 is 0. The molecule has 0 saturated carbocycles. The lowest BCUT2D eigenvalue weighted by molar-refractivity contribution is -0.139. The smallest absolute Gasteiger partial charge is 0.422 e. The maximum absolute atomic E-state index is 12.6. The maximum Gasteiger partial charge on any atom is 0.422 e. The molecule has 36 heavy (non-hydrogen) atoms. The standard InChI is InChI=1S/C27H33N3O6/c1-27(2,3)36-26(34)29-30-14-8-9-17(30)15-23(24(31)32)28-25(33)35-16-22-20-12-6-4-10-18(20)19-11-5-7-13-21(19)22/h4-7,10-13,17,22-23H,8-9,14-16H2,1-3H3,(H,28,33)(H,29,34)(H,31,32)/t17-,23+/m1/s1. The predicted octanol–water partition coefficient (Wildman–Crippen LogP) is 4.27. The zero-order valence-electron chi connectivity index (χ0n) is 20.8. The first-order valence-electron chi connectivity index (χ1n) is 12.2. The number of nitrogens with zero attached hydrogens (tertiary/aromatic N) is 1. The van der Waals surface area contributed by atoms with Gasteiger partial charge in [-0.2, -0.15) is 0 Å². The van der Waals surface area contributed by atoms with Gasteiger partial charge in [0, 0.05) is 18.5 Å². The molecule has 4 rings (SSSR count). The molecular weight excluding hydrogens is 462 g/mol. The summed E-state index contributed by atoms with van der Waals surface area (Å²) in [6.07, 6.45) is 0.221. The topological polar surface area (TPSA) is 117 Å². The number of carboxylic acid groups (broad SMARTS) is 1. The third kappa shape index (κ3) is 5.96. The van der Waals surface area contributed by atoms with Gasteiger partial charge in [-0.3, -0.25) is 5.43 Å². The van der Waals surface area contributed by atoms with Crippen molar-refractivity contribution in [2.45, 2.75) is 63.6 Å². The largest absolute Gasteiger partial charge is 0.480 e. The molecule has 0 spiro atoms. The molecule has 2 aliphatic rings. The van der Waals surface area contributed by atoms with Crippen molar-refractivity contribution in [3.63, 3.8) is 0 Å². The van der Waals surface area contributed by atoms with Crippen LogP contribution >= 0.6 is 0 Å². The highest BCUT2D eigenvalue weighted by Crippen LogP contribution is 2.44. The van der Waals surface area contributed by atoms with E-state index in [0.29, 0.717) is 13.0 Å². The summed E-state index contributed by atoms with van der Waals surface area (Å²) in [5.41, 5.74) is 6.44. The lowest BCUT2D eigenvalue weighted by Gasteiger charge is -2.28. The van der Waals surface area contributed by atoms with Crippen LogP contribution in [-0.2, 0) is 14.3 Å². The number of ether oxygens (including phenoxy) is 2. The third-order valence-electron chi connectivity index (χ3n) is 6.45. The van der Waals surface area contributed by atoms with Crippen LogP contribution in [0.5, 0.6) is 0 Å². The number of rotatable bonds is 7. The van der Waals surface area contributed by atoms with Gasteiger partial charge in [0.1, 0.15) is 18.2 Å². The van der Waals surface area contributed by atoms with Crippen LogP contribution in [0.4, 0.5) is 9.59 Å². The van der Waals surface area contributed by atoms with Crippen molar-refractivity contribution in [3.8, 4) is 11.1 Å². The Balaban J connectivity index is 1.35. The van der Waals surface area contributed by atoms with Crippen LogP contribution in [0.1, 0.15) is 57.1 Å². The van der Waals surface area contributed by atoms with E-state index in [1.165, 1.54) is 0 Å². The fraction of sp³-hybridized carbons (Fsp3) is 0.444. The Kier molecular flexibility index (Phi) is 7.49. The number of carbonyl (C=O) groups is 3. The first-order chi connectivity index (χ1) is 17.1. The lowest BCUT2D eigenvalue weighted by atomic mass is 9.98. The zero-order chi connectivity index (χ0) is 25.9. The number of alkyl carbamates (subject to hydrolysis) is 1. The van der Waals surface area contributed by atoms with Gasteiger partial charge in [0.15, 0.2) is 0 Å². The summed E-state index contributed by atoms with van der Waals surface area (Å²) in [6, 6.07) is 14.6. The van der Waals surface area contributed by atoms with Crippen LogP contribution in [0.3, 0.4) is 0 Å². The van der Waals surface area contributed by atoms with E-state index in [2.05, 4.69) is 10.7 Å². The van der Waals surface area contributed by atoms with Gasteiger partial charge in [-0.05, 0) is 62.3 Å². The van der Waals surface area contributed by atoms with E-state index in [1.807, 2.05) is 48.5 Å². The number of nitrogens with one attached hydrogen (secondary N) is 2. The Bertz CT molecular complexity index is 1080. The number of amides is 2. The molecule has 192 valence electrons. The highest BCUT2D eigenvalue weighted by atomic mass is 16.6. The molecule has 2 aromatic rings. The lowest BCUT2D eigenvalue weighted by Crippen LogP contribution is -2.51. The molecule has 0 unspecified atom stereocenters. The first-order valence-corrected chi connectivity index (χ1v) is 12.2. The van der Waals surface area contributed by atoms with Crippen molar-refractivity contribution >= 4 is 18.2 Å². The van der Waals surface area contributed by atoms with Gasteiger partial charge in [-0.25, -0.2) is 19.4 Å². The molecule has 1 saturated heterocycles. The summed E-state index contributed by atoms with van der Waals surface area (Å²) in [4.78, 5) is 36.7. The summed E-state index contributed by atoms with van der Waals surface area (Å²) < 4.78 is 10.8. The van der Waals surface area contributed by atoms with E-state index in [1.54, 1.807) is 25.8 Å². The fourth-order valence-electron chi connectivity index (χ4n) is 4.92. The van der Waals surface area contributed by atoms with Gasteiger partial charge in [0.25, 0.3) is 0 Å². The van der Waals surface area contributed by atoms with Crippen LogP contribution in [0.2, 0.25) is 0 Å². The van der Waals surface area contributed by atoms with Crippen LogP contribution in [-0.4, -0.2) is 59.1 Å². The molecule has 3 N–H and O–H groups in total. The minimum Gasteiger partial charge on any atom is -0.480 e. The van der Waals surface area contributed by atoms with Crippen LogP contribution in [0, 0.1) is 0 Å². The van der Waals surface area contributed by atoms with Gasteiger partial charge >= 0.3 is 18.2 Å². The van der Waals surface area contributed by atoms with Crippen molar-refractivity contribution < 1.29 is 29.0 Å². The van der Waals surface area contributed by atoms with Crippen molar-refractivity contribution in [2.75, 3.05) is 13.2 Å². The number of carbonyl (C=O) groups excluding carboxylic acids is 2. The molecule has 9 nitrogen and oxygen atoms in total. The number of benzene rings is 2. The summed E-state index contributed by atoms with van der Waals surface area (Å²) in [7, 11) is 0. The molecule has 1 aliphatic carbocycles. The number of aliphatic carboxylic acids is 1. The van der Waals surface area contributed by atoms with Gasteiger partial charge < -0.3 is 19.9 Å². The van der Waals surface area contributed by atoms with E-state index in [9.17, 15) is 19.5 Å². The molecule has 0 radical (unpaired) electrons. The number of hydrogen-bond donors (Lipinski definition) is 3. The Morgan fingerprint density at radius 1 is 1.03 bits per heavy atom. The molecule has 1 heterocycles. The SMILES string of the molecule is CC(C)(C)OC(=O)NN1CCC[C@@H]1C[C@H](NC(=O)OCC1c2ccccc2-c2ccccc21)C(=O)O. The van der Waals surface area contributed by atoms with Crippen LogP contribution < -0.4 is 10.7 Å². The predicted molar refractivity (Wildman–Crippen MR) is 133 cm³/mol. The second-order valence-corrected chi connectivity index (χ2v) is 10.2. The maximum atomic E-state index is 12.6. The number of fused-ring (bicyclic) bond motifs is 3. The van der Waals surface area contributed by atoms with Crippen molar-refractivity contribution in [1.82, 2.24) is 15.8 Å². The van der Waals surface area contributed by atoms with Gasteiger partial charge in [-0.1, -0.05) is 48.5 Å². The summed E-state index contributed by atoms with van der Waals surface area (Å²) in [5, 5.41) is 13.9. The molecule has 0 aromatic heterocycles. The van der Waals surface area contributed by atoms with Gasteiger partial charge in [0.05, 0.1) is 0 Å². The summed E-state index contributed by atoms with van der Waals surface area (Å²) in [5.74, 6) is -1.28. The van der Waals surface area contributed by atoms with E-state index >= 15 is 0 Å². The molecule has 2 aromatic carbocycles. The minimum atomic E-state index is -1.16. The van der Waals surface area contributed by atoms with Crippen LogP contribution in [0.15, 0.2) is 48.5 Å². The summed E-state index contributed by atoms with van der Waals surface area (Å²) in [6.45, 7) is 5.98. The quantitative estimate of drug-likeness (QED) is 0.525. The highest BCUT2D eigenvalue weighted by Gasteiger charge is 2.34. The van der Waals surface area contributed by atoms with Crippen molar-refractivity contribution in [2.24, 2.45) is 0 Å². The Hall–Kier alpha value is -3.59. The normalized spacial score (nSPS) is 18.1. The number of hydrogen-bond acceptors (Lipinski definition) is 6. The van der Waals surface area contributed by atoms with Crippen LogP contribution in [0.25, 0.3) is 11.1 Å². The molecular formula is C27H33N3O6. The van der Waals surface area contributed by atoms with E-state index in [-0.39, 0.29) is 25.0 Å². The Labute approximate surface area is 210 Å². The van der Waals surface area contributed by atoms with Gasteiger partial charge in [0.2, 0.25) is 0 Å². The zero-order valence-corrected chi connectivity index (χ0v) is 20.8. The molecule has 1 aliphatic heterocycles. The highest BCUT2D eigenvalue weighted by molar-refractivity contribution is 5.81. The average Bonchev–Trinajstić information content (AvgIpc) is 3.37. The fourth-order valence-corrected chi connectivity index (χ4v) is 4.92. The Morgan fingerprint density at radius 2 is 1.64 bits per heavy atom. The monoisotopic (exact) mass is 495 g/mol. The molecule has 2 atom stereocenters. The minimum absolute atomic E-state index is 0.0992. The third-order valence-corrected chi connectivity index (χ3v) is 6.45. The van der Waals surface area contributed by atoms with Gasteiger partial charge in [-0.15, -0.1) is 0 Å². The van der Waals surface area contributed by atoms with Crippen molar-refractivity contribution in [1.29, 1.82) is 0 Å². The van der Waals surface area contributed by atoms with E-state index in [0.717, 1.165) is 28.7 Å². The van der Waals surface area contributed by atoms with E-state index < -0.39 is 29.8 Å². The molecule has 0 bridgehead atoms. The van der Waals surface area contributed by atoms with E-state index in [4.69, 9.17) is 9.47 Å². The molecule has 1 fully saturated rings. The first kappa shape index (κ1) is 25.5. The second kappa shape index (κ2) is 10.6. The number of hydrazine groups is 1. The molecule has 2 amide bonds. The average molecular weight is 496 g/mol. The Morgan fingerprint density at radius 3 is 2.22 bits per heavy atom. The van der Waals surface area contributed by atoms with Crippen molar-refractivity contribution in [3.05, 3.63) is 59.7 Å².